The van der Waals surface area contributed by atoms with Crippen LogP contribution in [0.15, 0.2) is 0 Å². The predicted molar refractivity (Wildman–Crippen MR) is 112 cm³/mol. The maximum atomic E-state index is 2.78. The molecule has 0 fully saturated rings. The topological polar surface area (TPSA) is 3.24 Å². The Balaban J connectivity index is 3.72. The molecule has 0 aromatic carbocycles. The molecule has 146 valence electrons. The van der Waals surface area contributed by atoms with E-state index in [1.165, 1.54) is 129 Å². The summed E-state index contributed by atoms with van der Waals surface area (Å²) in [5.74, 6) is 0. The minimum absolute atomic E-state index is 1.35. The monoisotopic (exact) mass is 339 g/mol. The molecule has 0 heterocycles. The van der Waals surface area contributed by atoms with E-state index in [0.29, 0.717) is 0 Å². The highest BCUT2D eigenvalue weighted by Crippen LogP contribution is 2.11. The van der Waals surface area contributed by atoms with E-state index in [4.69, 9.17) is 0 Å². The summed E-state index contributed by atoms with van der Waals surface area (Å²) in [6, 6.07) is 0. The highest BCUT2D eigenvalue weighted by Gasteiger charge is 2.04. The molecule has 0 atom stereocenters. The third-order valence-corrected chi connectivity index (χ3v) is 5.23. The number of rotatable bonds is 20. The largest absolute Gasteiger partial charge is 0.303 e. The zero-order valence-electron chi connectivity index (χ0n) is 17.6. The van der Waals surface area contributed by atoms with Crippen LogP contribution in [0.2, 0.25) is 0 Å². The van der Waals surface area contributed by atoms with E-state index in [1.807, 2.05) is 0 Å². The fourth-order valence-electron chi connectivity index (χ4n) is 3.51. The molecule has 0 aliphatic carbocycles. The van der Waals surface area contributed by atoms with E-state index in [9.17, 15) is 0 Å². The minimum Gasteiger partial charge on any atom is -0.303 e. The molecule has 0 saturated heterocycles. The maximum Gasteiger partial charge on any atom is -0.00187 e. The summed E-state index contributed by atoms with van der Waals surface area (Å²) < 4.78 is 0. The molecule has 24 heavy (non-hydrogen) atoms. The Kier molecular flexibility index (Phi) is 21.0. The molecule has 0 aromatic rings. The van der Waals surface area contributed by atoms with Crippen LogP contribution in [0, 0.1) is 0 Å². The first-order valence-electron chi connectivity index (χ1n) is 11.6. The van der Waals surface area contributed by atoms with Gasteiger partial charge in [-0.25, -0.2) is 0 Å². The zero-order valence-corrected chi connectivity index (χ0v) is 17.6. The van der Waals surface area contributed by atoms with E-state index in [0.717, 1.165) is 0 Å². The lowest BCUT2D eigenvalue weighted by Gasteiger charge is -2.22. The fraction of sp³-hybridized carbons (Fsp3) is 1.00. The Morgan fingerprint density at radius 1 is 0.333 bits per heavy atom. The normalized spacial score (nSPS) is 11.5. The summed E-state index contributed by atoms with van der Waals surface area (Å²) >= 11 is 0. The molecule has 0 saturated carbocycles. The van der Waals surface area contributed by atoms with Crippen molar-refractivity contribution in [3.63, 3.8) is 0 Å². The van der Waals surface area contributed by atoms with Gasteiger partial charge >= 0.3 is 0 Å². The molecule has 0 N–H and O–H groups in total. The number of unbranched alkanes of at least 4 members (excludes halogenated alkanes) is 14. The van der Waals surface area contributed by atoms with Crippen molar-refractivity contribution in [1.82, 2.24) is 4.90 Å². The van der Waals surface area contributed by atoms with E-state index >= 15 is 0 Å². The van der Waals surface area contributed by atoms with Gasteiger partial charge in [0.05, 0.1) is 0 Å². The van der Waals surface area contributed by atoms with Crippen LogP contribution in [0.5, 0.6) is 0 Å². The van der Waals surface area contributed by atoms with Crippen molar-refractivity contribution < 1.29 is 0 Å². The van der Waals surface area contributed by atoms with Crippen LogP contribution in [0.3, 0.4) is 0 Å². The average molecular weight is 340 g/mol. The van der Waals surface area contributed by atoms with Gasteiger partial charge in [0.2, 0.25) is 0 Å². The van der Waals surface area contributed by atoms with Crippen molar-refractivity contribution >= 4 is 0 Å². The predicted octanol–water partition coefficient (Wildman–Crippen LogP) is 7.98. The van der Waals surface area contributed by atoms with Crippen LogP contribution in [-0.4, -0.2) is 24.5 Å². The molecule has 0 rings (SSSR count). The van der Waals surface area contributed by atoms with E-state index in [2.05, 4.69) is 25.7 Å². The number of nitrogens with zero attached hydrogens (tertiary/aromatic N) is 1. The SMILES string of the molecule is CCCCCCCCCN(CCCCCCC)CCCCCCC. The van der Waals surface area contributed by atoms with Gasteiger partial charge in [-0.1, -0.05) is 111 Å². The summed E-state index contributed by atoms with van der Waals surface area (Å²) in [6.07, 6.45) is 24.2. The summed E-state index contributed by atoms with van der Waals surface area (Å²) in [4.78, 5) is 2.78. The zero-order chi connectivity index (χ0) is 17.7. The summed E-state index contributed by atoms with van der Waals surface area (Å²) in [7, 11) is 0. The van der Waals surface area contributed by atoms with Crippen molar-refractivity contribution in [3.8, 4) is 0 Å². The van der Waals surface area contributed by atoms with Crippen LogP contribution in [0.1, 0.15) is 130 Å². The first-order valence-corrected chi connectivity index (χ1v) is 11.6. The Morgan fingerprint density at radius 3 is 0.875 bits per heavy atom. The summed E-state index contributed by atoms with van der Waals surface area (Å²) in [5, 5.41) is 0. The molecule has 1 nitrogen and oxygen atoms in total. The molecule has 0 aliphatic rings. The Morgan fingerprint density at radius 2 is 0.583 bits per heavy atom. The van der Waals surface area contributed by atoms with Crippen molar-refractivity contribution in [2.24, 2.45) is 0 Å². The van der Waals surface area contributed by atoms with Gasteiger partial charge in [-0.3, -0.25) is 0 Å². The van der Waals surface area contributed by atoms with E-state index in [-0.39, 0.29) is 0 Å². The van der Waals surface area contributed by atoms with Gasteiger partial charge in [0.15, 0.2) is 0 Å². The molecule has 0 bridgehead atoms. The lowest BCUT2D eigenvalue weighted by Crippen LogP contribution is -2.27. The summed E-state index contributed by atoms with van der Waals surface area (Å²) in [6.45, 7) is 11.0. The van der Waals surface area contributed by atoms with Crippen molar-refractivity contribution in [3.05, 3.63) is 0 Å². The molecule has 0 radical (unpaired) electrons. The molecule has 0 aliphatic heterocycles. The van der Waals surface area contributed by atoms with Crippen LogP contribution < -0.4 is 0 Å². The lowest BCUT2D eigenvalue weighted by molar-refractivity contribution is 0.254. The second-order valence-electron chi connectivity index (χ2n) is 7.79. The van der Waals surface area contributed by atoms with Crippen molar-refractivity contribution in [2.75, 3.05) is 19.6 Å². The van der Waals surface area contributed by atoms with Crippen LogP contribution >= 0.6 is 0 Å². The molecule has 0 spiro atoms. The van der Waals surface area contributed by atoms with Gasteiger partial charge in [-0.2, -0.15) is 0 Å². The quantitative estimate of drug-likeness (QED) is 0.203. The molecule has 1 heteroatoms. The van der Waals surface area contributed by atoms with Crippen LogP contribution in [-0.2, 0) is 0 Å². The van der Waals surface area contributed by atoms with Gasteiger partial charge in [0, 0.05) is 0 Å². The number of hydrogen-bond acceptors (Lipinski definition) is 1. The molecular weight excluding hydrogens is 290 g/mol. The van der Waals surface area contributed by atoms with Crippen molar-refractivity contribution in [1.29, 1.82) is 0 Å². The smallest absolute Gasteiger partial charge is 0.00187 e. The van der Waals surface area contributed by atoms with Gasteiger partial charge in [0.25, 0.3) is 0 Å². The van der Waals surface area contributed by atoms with E-state index < -0.39 is 0 Å². The third kappa shape index (κ3) is 18.3. The average Bonchev–Trinajstić information content (AvgIpc) is 2.59. The highest BCUT2D eigenvalue weighted by atomic mass is 15.1. The van der Waals surface area contributed by atoms with Gasteiger partial charge in [0.1, 0.15) is 0 Å². The van der Waals surface area contributed by atoms with Crippen LogP contribution in [0.4, 0.5) is 0 Å². The second-order valence-corrected chi connectivity index (χ2v) is 7.79. The van der Waals surface area contributed by atoms with E-state index in [1.54, 1.807) is 0 Å². The third-order valence-electron chi connectivity index (χ3n) is 5.23. The Hall–Kier alpha value is -0.0400. The molecule has 0 aromatic heterocycles. The highest BCUT2D eigenvalue weighted by molar-refractivity contribution is 4.60. The standard InChI is InChI=1S/C23H49N/c1-4-7-10-13-14-17-20-23-24(21-18-15-11-8-5-2)22-19-16-12-9-6-3/h4-23H2,1-3H3. The van der Waals surface area contributed by atoms with Gasteiger partial charge < -0.3 is 4.90 Å². The van der Waals surface area contributed by atoms with Gasteiger partial charge in [-0.15, -0.1) is 0 Å². The molecule has 0 unspecified atom stereocenters. The number of hydrogen-bond donors (Lipinski definition) is 0. The lowest BCUT2D eigenvalue weighted by atomic mass is 10.1. The minimum atomic E-state index is 1.35. The molecular formula is C23H49N. The maximum absolute atomic E-state index is 2.78. The van der Waals surface area contributed by atoms with Crippen LogP contribution in [0.25, 0.3) is 0 Å². The van der Waals surface area contributed by atoms with Crippen molar-refractivity contribution in [2.45, 2.75) is 130 Å². The Bertz CT molecular complexity index is 200. The second kappa shape index (κ2) is 21.0. The Labute approximate surface area is 155 Å². The fourth-order valence-corrected chi connectivity index (χ4v) is 3.51. The summed E-state index contributed by atoms with van der Waals surface area (Å²) in [5.41, 5.74) is 0. The first kappa shape index (κ1) is 24.0. The van der Waals surface area contributed by atoms with Gasteiger partial charge in [-0.05, 0) is 38.9 Å². The first-order chi connectivity index (χ1) is 11.8. The molecule has 0 amide bonds.